The average molecular weight is 290 g/mol. The van der Waals surface area contributed by atoms with Crippen molar-refractivity contribution in [3.8, 4) is 0 Å². The van der Waals surface area contributed by atoms with Gasteiger partial charge in [0.25, 0.3) is 10.2 Å². The molecule has 0 aromatic rings. The van der Waals surface area contributed by atoms with E-state index >= 15 is 0 Å². The third kappa shape index (κ3) is 3.80. The van der Waals surface area contributed by atoms with Gasteiger partial charge in [-0.3, -0.25) is 0 Å². The van der Waals surface area contributed by atoms with Gasteiger partial charge in [0, 0.05) is 13.1 Å². The average Bonchev–Trinajstić information content (AvgIpc) is 3.20. The van der Waals surface area contributed by atoms with Gasteiger partial charge in [-0.15, -0.1) is 0 Å². The number of nitrogens with zero attached hydrogens (tertiary/aromatic N) is 2. The van der Waals surface area contributed by atoms with Crippen LogP contribution in [0.5, 0.6) is 0 Å². The molecule has 1 saturated heterocycles. The van der Waals surface area contributed by atoms with Crippen LogP contribution in [0.2, 0.25) is 0 Å². The molecule has 1 unspecified atom stereocenters. The van der Waals surface area contributed by atoms with Crippen LogP contribution < -0.4 is 10.5 Å². The molecule has 2 fully saturated rings. The topological polar surface area (TPSA) is 108 Å². The number of nitrogens with one attached hydrogen (secondary N) is 1. The summed E-state index contributed by atoms with van der Waals surface area (Å²) in [6, 6.07) is -0.585. The molecule has 2 aliphatic rings. The molecule has 0 radical (unpaired) electrons. The van der Waals surface area contributed by atoms with Gasteiger partial charge in [0.15, 0.2) is 5.84 Å². The Morgan fingerprint density at radius 3 is 2.32 bits per heavy atom. The van der Waals surface area contributed by atoms with E-state index in [0.717, 1.165) is 38.5 Å². The molecule has 0 amide bonds. The molecule has 1 aliphatic carbocycles. The van der Waals surface area contributed by atoms with E-state index in [1.807, 2.05) is 0 Å². The first kappa shape index (κ1) is 14.5. The molecule has 0 aromatic heterocycles. The minimum Gasteiger partial charge on any atom is -0.409 e. The van der Waals surface area contributed by atoms with E-state index in [0.29, 0.717) is 13.1 Å². The van der Waals surface area contributed by atoms with Crippen molar-refractivity contribution in [3.63, 3.8) is 0 Å². The van der Waals surface area contributed by atoms with Gasteiger partial charge < -0.3 is 10.9 Å². The molecule has 8 heteroatoms. The normalized spacial score (nSPS) is 24.9. The Kier molecular flexibility index (Phi) is 4.64. The quantitative estimate of drug-likeness (QED) is 0.291. The molecule has 0 aromatic carbocycles. The Bertz CT molecular complexity index is 425. The smallest absolute Gasteiger partial charge is 0.280 e. The molecule has 1 saturated carbocycles. The van der Waals surface area contributed by atoms with E-state index in [9.17, 15) is 8.42 Å². The lowest BCUT2D eigenvalue weighted by molar-refractivity contribution is 0.314. The van der Waals surface area contributed by atoms with Crippen LogP contribution in [0.15, 0.2) is 5.16 Å². The Morgan fingerprint density at radius 2 is 1.84 bits per heavy atom. The van der Waals surface area contributed by atoms with Gasteiger partial charge in [-0.25, -0.2) is 0 Å². The van der Waals surface area contributed by atoms with E-state index in [-0.39, 0.29) is 11.8 Å². The largest absolute Gasteiger partial charge is 0.409 e. The van der Waals surface area contributed by atoms with Crippen molar-refractivity contribution < 1.29 is 13.6 Å². The summed E-state index contributed by atoms with van der Waals surface area (Å²) in [5.41, 5.74) is 5.58. The lowest BCUT2D eigenvalue weighted by Gasteiger charge is -2.24. The first-order valence-corrected chi connectivity index (χ1v) is 8.23. The summed E-state index contributed by atoms with van der Waals surface area (Å²) in [4.78, 5) is 0. The Labute approximate surface area is 114 Å². The molecular formula is C11H22N4O3S. The first-order chi connectivity index (χ1) is 9.04. The summed E-state index contributed by atoms with van der Waals surface area (Å²) < 4.78 is 28.7. The van der Waals surface area contributed by atoms with Crippen LogP contribution >= 0.6 is 0 Å². The van der Waals surface area contributed by atoms with Crippen LogP contribution in [0.3, 0.4) is 0 Å². The third-order valence-corrected chi connectivity index (χ3v) is 5.31. The Hall–Kier alpha value is -0.860. The molecule has 0 spiro atoms. The zero-order chi connectivity index (χ0) is 13.9. The summed E-state index contributed by atoms with van der Waals surface area (Å²) in [7, 11) is -3.55. The third-order valence-electron chi connectivity index (χ3n) is 3.71. The minimum atomic E-state index is -3.55. The Balaban J connectivity index is 2.05. The van der Waals surface area contributed by atoms with Crippen molar-refractivity contribution in [2.24, 2.45) is 16.8 Å². The number of hydrogen-bond acceptors (Lipinski definition) is 4. The van der Waals surface area contributed by atoms with Crippen molar-refractivity contribution in [1.29, 1.82) is 0 Å². The van der Waals surface area contributed by atoms with Crippen LogP contribution in [0.1, 0.15) is 38.5 Å². The van der Waals surface area contributed by atoms with E-state index in [1.165, 1.54) is 4.31 Å². The van der Waals surface area contributed by atoms with E-state index in [4.69, 9.17) is 10.9 Å². The number of nitrogens with two attached hydrogens (primary N) is 1. The fourth-order valence-electron chi connectivity index (χ4n) is 2.41. The minimum absolute atomic E-state index is 0.0547. The van der Waals surface area contributed by atoms with Crippen LogP contribution in [0, 0.1) is 5.92 Å². The van der Waals surface area contributed by atoms with Crippen LogP contribution in [-0.2, 0) is 10.2 Å². The zero-order valence-electron chi connectivity index (χ0n) is 11.0. The second kappa shape index (κ2) is 6.06. The predicted molar refractivity (Wildman–Crippen MR) is 72.0 cm³/mol. The number of hydrogen-bond donors (Lipinski definition) is 3. The summed E-state index contributed by atoms with van der Waals surface area (Å²) in [6.07, 6.45) is 5.72. The van der Waals surface area contributed by atoms with Crippen molar-refractivity contribution >= 4 is 16.0 Å². The number of rotatable bonds is 5. The molecule has 0 bridgehead atoms. The molecular weight excluding hydrogens is 268 g/mol. The summed E-state index contributed by atoms with van der Waals surface area (Å²) >= 11 is 0. The first-order valence-electron chi connectivity index (χ1n) is 6.79. The summed E-state index contributed by atoms with van der Waals surface area (Å²) in [5.74, 6) is 0.0959. The van der Waals surface area contributed by atoms with Gasteiger partial charge in [-0.2, -0.15) is 17.4 Å². The molecule has 1 atom stereocenters. The van der Waals surface area contributed by atoms with Crippen LogP contribution in [0.25, 0.3) is 0 Å². The van der Waals surface area contributed by atoms with Gasteiger partial charge in [-0.1, -0.05) is 18.0 Å². The van der Waals surface area contributed by atoms with E-state index < -0.39 is 16.3 Å². The monoisotopic (exact) mass is 290 g/mol. The summed E-state index contributed by atoms with van der Waals surface area (Å²) in [6.45, 7) is 1.09. The van der Waals surface area contributed by atoms with Gasteiger partial charge in [-0.05, 0) is 31.6 Å². The summed E-state index contributed by atoms with van der Waals surface area (Å²) in [5, 5.41) is 11.7. The lowest BCUT2D eigenvalue weighted by Crippen LogP contribution is -2.51. The van der Waals surface area contributed by atoms with E-state index in [1.54, 1.807) is 0 Å². The van der Waals surface area contributed by atoms with Gasteiger partial charge in [0.05, 0.1) is 6.04 Å². The fraction of sp³-hybridized carbons (Fsp3) is 0.909. The van der Waals surface area contributed by atoms with Crippen LogP contribution in [-0.4, -0.2) is 42.9 Å². The maximum atomic E-state index is 12.3. The fourth-order valence-corrected chi connectivity index (χ4v) is 3.93. The predicted octanol–water partition coefficient (Wildman–Crippen LogP) is 0.222. The SMILES string of the molecule is NC(=NO)C(NS(=O)(=O)N1CCCCCC1)C1CC1. The highest BCUT2D eigenvalue weighted by Gasteiger charge is 2.38. The van der Waals surface area contributed by atoms with Crippen molar-refractivity contribution in [2.75, 3.05) is 13.1 Å². The van der Waals surface area contributed by atoms with Gasteiger partial charge >= 0.3 is 0 Å². The van der Waals surface area contributed by atoms with Gasteiger partial charge in [0.2, 0.25) is 0 Å². The number of oxime groups is 1. The molecule has 19 heavy (non-hydrogen) atoms. The maximum absolute atomic E-state index is 12.3. The van der Waals surface area contributed by atoms with Crippen molar-refractivity contribution in [2.45, 2.75) is 44.6 Å². The number of amidine groups is 1. The molecule has 7 nitrogen and oxygen atoms in total. The zero-order valence-corrected chi connectivity index (χ0v) is 11.8. The molecule has 1 aliphatic heterocycles. The molecule has 2 rings (SSSR count). The Morgan fingerprint density at radius 1 is 1.26 bits per heavy atom. The molecule has 1 heterocycles. The maximum Gasteiger partial charge on any atom is 0.280 e. The highest BCUT2D eigenvalue weighted by Crippen LogP contribution is 2.33. The second-order valence-corrected chi connectivity index (χ2v) is 6.98. The van der Waals surface area contributed by atoms with Crippen LogP contribution in [0.4, 0.5) is 0 Å². The van der Waals surface area contributed by atoms with E-state index in [2.05, 4.69) is 9.88 Å². The van der Waals surface area contributed by atoms with Crippen molar-refractivity contribution in [1.82, 2.24) is 9.03 Å². The van der Waals surface area contributed by atoms with Crippen molar-refractivity contribution in [3.05, 3.63) is 0 Å². The lowest BCUT2D eigenvalue weighted by atomic mass is 10.2. The molecule has 110 valence electrons. The highest BCUT2D eigenvalue weighted by atomic mass is 32.2. The van der Waals surface area contributed by atoms with Gasteiger partial charge in [0.1, 0.15) is 0 Å². The molecule has 4 N–H and O–H groups in total. The highest BCUT2D eigenvalue weighted by molar-refractivity contribution is 7.87. The standard InChI is InChI=1S/C11H22N4O3S/c12-11(13-16)10(9-5-6-9)14-19(17,18)15-7-3-1-2-4-8-15/h9-10,14,16H,1-8H2,(H2,12,13). The second-order valence-electron chi connectivity index (χ2n) is 5.28.